The number of aromatic nitrogens is 2. The molecular weight excluding hydrogens is 290 g/mol. The standard InChI is InChI=1S/C17H27N5O/c23-17(20-8-3-4-9-20)22-13-15(11-19-6-1-2-7-19)12-21-10-5-18-16(21)14-22/h5,10,15H,1-4,6-9,11-14H2/t15-/m0/s1. The molecule has 1 aromatic rings. The van der Waals surface area contributed by atoms with Gasteiger partial charge >= 0.3 is 6.03 Å². The molecule has 1 atom stereocenters. The topological polar surface area (TPSA) is 44.6 Å². The third kappa shape index (κ3) is 3.22. The predicted octanol–water partition coefficient (Wildman–Crippen LogP) is 1.63. The van der Waals surface area contributed by atoms with Crippen molar-refractivity contribution in [2.45, 2.75) is 38.8 Å². The lowest BCUT2D eigenvalue weighted by atomic mass is 10.1. The normalized spacial score (nSPS) is 25.7. The van der Waals surface area contributed by atoms with E-state index in [0.717, 1.165) is 51.4 Å². The van der Waals surface area contributed by atoms with E-state index < -0.39 is 0 Å². The second-order valence-electron chi connectivity index (χ2n) is 7.23. The number of nitrogens with zero attached hydrogens (tertiary/aromatic N) is 5. The van der Waals surface area contributed by atoms with Crippen LogP contribution >= 0.6 is 0 Å². The van der Waals surface area contributed by atoms with Crippen LogP contribution in [0.3, 0.4) is 0 Å². The molecule has 0 spiro atoms. The van der Waals surface area contributed by atoms with Gasteiger partial charge in [-0.1, -0.05) is 0 Å². The van der Waals surface area contributed by atoms with Crippen molar-refractivity contribution in [3.05, 3.63) is 18.2 Å². The summed E-state index contributed by atoms with van der Waals surface area (Å²) in [6.07, 6.45) is 8.86. The van der Waals surface area contributed by atoms with Crippen molar-refractivity contribution < 1.29 is 4.79 Å². The summed E-state index contributed by atoms with van der Waals surface area (Å²) >= 11 is 0. The van der Waals surface area contributed by atoms with Crippen molar-refractivity contribution in [3.63, 3.8) is 0 Å². The number of imidazole rings is 1. The number of carbonyl (C=O) groups excluding carboxylic acids is 1. The van der Waals surface area contributed by atoms with E-state index in [4.69, 9.17) is 0 Å². The summed E-state index contributed by atoms with van der Waals surface area (Å²) < 4.78 is 2.25. The second kappa shape index (κ2) is 6.51. The molecular formula is C17H27N5O. The van der Waals surface area contributed by atoms with Gasteiger partial charge in [-0.2, -0.15) is 0 Å². The Morgan fingerprint density at radius 1 is 1.04 bits per heavy atom. The molecule has 0 N–H and O–H groups in total. The molecule has 0 bridgehead atoms. The largest absolute Gasteiger partial charge is 0.333 e. The van der Waals surface area contributed by atoms with Crippen molar-refractivity contribution in [3.8, 4) is 0 Å². The molecule has 0 saturated carbocycles. The zero-order valence-corrected chi connectivity index (χ0v) is 13.9. The van der Waals surface area contributed by atoms with E-state index in [-0.39, 0.29) is 6.03 Å². The summed E-state index contributed by atoms with van der Waals surface area (Å²) in [7, 11) is 0. The van der Waals surface area contributed by atoms with Gasteiger partial charge in [-0.15, -0.1) is 0 Å². The van der Waals surface area contributed by atoms with Crippen molar-refractivity contribution >= 4 is 6.03 Å². The minimum atomic E-state index is 0.213. The Bertz CT molecular complexity index is 545. The number of fused-ring (bicyclic) bond motifs is 1. The average molecular weight is 317 g/mol. The van der Waals surface area contributed by atoms with Gasteiger partial charge in [0, 0.05) is 51.0 Å². The van der Waals surface area contributed by atoms with Crippen molar-refractivity contribution in [2.24, 2.45) is 5.92 Å². The first-order valence-corrected chi connectivity index (χ1v) is 9.06. The first-order valence-electron chi connectivity index (χ1n) is 9.06. The second-order valence-corrected chi connectivity index (χ2v) is 7.23. The quantitative estimate of drug-likeness (QED) is 0.833. The summed E-state index contributed by atoms with van der Waals surface area (Å²) in [5.41, 5.74) is 0. The summed E-state index contributed by atoms with van der Waals surface area (Å²) in [6.45, 7) is 7.85. The van der Waals surface area contributed by atoms with E-state index in [2.05, 4.69) is 20.6 Å². The third-order valence-corrected chi connectivity index (χ3v) is 5.43. The van der Waals surface area contributed by atoms with Crippen LogP contribution in [-0.2, 0) is 13.1 Å². The fourth-order valence-corrected chi connectivity index (χ4v) is 4.24. The van der Waals surface area contributed by atoms with Gasteiger partial charge < -0.3 is 19.3 Å². The van der Waals surface area contributed by atoms with Gasteiger partial charge in [-0.05, 0) is 38.8 Å². The smallest absolute Gasteiger partial charge is 0.320 e. The predicted molar refractivity (Wildman–Crippen MR) is 88.0 cm³/mol. The van der Waals surface area contributed by atoms with Crippen LogP contribution in [0.5, 0.6) is 0 Å². The molecule has 2 fully saturated rings. The number of likely N-dealkylation sites (tertiary alicyclic amines) is 2. The Morgan fingerprint density at radius 2 is 1.78 bits per heavy atom. The van der Waals surface area contributed by atoms with E-state index in [1.54, 1.807) is 0 Å². The Hall–Kier alpha value is -1.56. The van der Waals surface area contributed by atoms with E-state index in [0.29, 0.717) is 12.5 Å². The molecule has 2 amide bonds. The van der Waals surface area contributed by atoms with Crippen molar-refractivity contribution in [2.75, 3.05) is 39.3 Å². The van der Waals surface area contributed by atoms with Gasteiger partial charge in [-0.3, -0.25) is 0 Å². The van der Waals surface area contributed by atoms with Gasteiger partial charge in [0.1, 0.15) is 5.82 Å². The SMILES string of the molecule is O=C(N1CCCC1)N1Cc2nccn2C[C@H](CN2CCCC2)C1. The minimum Gasteiger partial charge on any atom is -0.333 e. The maximum absolute atomic E-state index is 12.9. The molecule has 23 heavy (non-hydrogen) atoms. The molecule has 1 aromatic heterocycles. The minimum absolute atomic E-state index is 0.213. The Labute approximate surface area is 138 Å². The van der Waals surface area contributed by atoms with Gasteiger partial charge in [0.15, 0.2) is 0 Å². The Morgan fingerprint density at radius 3 is 2.57 bits per heavy atom. The van der Waals surface area contributed by atoms with E-state index in [1.807, 2.05) is 16.0 Å². The monoisotopic (exact) mass is 317 g/mol. The van der Waals surface area contributed by atoms with Gasteiger partial charge in [0.05, 0.1) is 6.54 Å². The number of hydrogen-bond donors (Lipinski definition) is 0. The molecule has 0 radical (unpaired) electrons. The van der Waals surface area contributed by atoms with E-state index >= 15 is 0 Å². The van der Waals surface area contributed by atoms with E-state index in [1.165, 1.54) is 25.9 Å². The molecule has 2 saturated heterocycles. The lowest BCUT2D eigenvalue weighted by Gasteiger charge is -2.30. The molecule has 126 valence electrons. The number of carbonyl (C=O) groups is 1. The third-order valence-electron chi connectivity index (χ3n) is 5.43. The molecule has 3 aliphatic rings. The lowest BCUT2D eigenvalue weighted by molar-refractivity contribution is 0.144. The Kier molecular flexibility index (Phi) is 4.25. The van der Waals surface area contributed by atoms with Crippen LogP contribution in [0.1, 0.15) is 31.5 Å². The van der Waals surface area contributed by atoms with Crippen LogP contribution < -0.4 is 0 Å². The maximum atomic E-state index is 12.9. The first-order chi connectivity index (χ1) is 11.3. The molecule has 6 nitrogen and oxygen atoms in total. The summed E-state index contributed by atoms with van der Waals surface area (Å²) in [4.78, 5) is 24.0. The fraction of sp³-hybridized carbons (Fsp3) is 0.765. The molecule has 0 unspecified atom stereocenters. The molecule has 4 rings (SSSR count). The number of amides is 2. The lowest BCUT2D eigenvalue weighted by Crippen LogP contribution is -2.44. The zero-order chi connectivity index (χ0) is 15.6. The number of rotatable bonds is 2. The van der Waals surface area contributed by atoms with Crippen LogP contribution in [-0.4, -0.2) is 69.6 Å². The number of urea groups is 1. The highest BCUT2D eigenvalue weighted by Crippen LogP contribution is 2.21. The maximum Gasteiger partial charge on any atom is 0.320 e. The molecule has 0 aliphatic carbocycles. The summed E-state index contributed by atoms with van der Waals surface area (Å²) in [6, 6.07) is 0.213. The van der Waals surface area contributed by atoms with Gasteiger partial charge in [0.25, 0.3) is 0 Å². The van der Waals surface area contributed by atoms with Crippen LogP contribution in [0, 0.1) is 5.92 Å². The molecule has 6 heteroatoms. The van der Waals surface area contributed by atoms with Gasteiger partial charge in [-0.25, -0.2) is 9.78 Å². The van der Waals surface area contributed by atoms with Crippen molar-refractivity contribution in [1.82, 2.24) is 24.3 Å². The van der Waals surface area contributed by atoms with Gasteiger partial charge in [0.2, 0.25) is 0 Å². The Balaban J connectivity index is 1.50. The number of hydrogen-bond acceptors (Lipinski definition) is 3. The summed E-state index contributed by atoms with van der Waals surface area (Å²) in [5, 5.41) is 0. The first kappa shape index (κ1) is 15.0. The van der Waals surface area contributed by atoms with Crippen LogP contribution in [0.25, 0.3) is 0 Å². The zero-order valence-electron chi connectivity index (χ0n) is 13.9. The molecule has 3 aliphatic heterocycles. The fourth-order valence-electron chi connectivity index (χ4n) is 4.24. The molecule has 0 aromatic carbocycles. The highest BCUT2D eigenvalue weighted by atomic mass is 16.2. The average Bonchev–Trinajstić information content (AvgIpc) is 3.28. The highest BCUT2D eigenvalue weighted by molar-refractivity contribution is 5.74. The summed E-state index contributed by atoms with van der Waals surface area (Å²) in [5.74, 6) is 1.52. The van der Waals surface area contributed by atoms with Crippen LogP contribution in [0.2, 0.25) is 0 Å². The van der Waals surface area contributed by atoms with Crippen LogP contribution in [0.4, 0.5) is 4.79 Å². The van der Waals surface area contributed by atoms with Crippen molar-refractivity contribution in [1.29, 1.82) is 0 Å². The van der Waals surface area contributed by atoms with Crippen LogP contribution in [0.15, 0.2) is 12.4 Å². The van der Waals surface area contributed by atoms with E-state index in [9.17, 15) is 4.79 Å². The highest BCUT2D eigenvalue weighted by Gasteiger charge is 2.30. The molecule has 4 heterocycles.